The minimum Gasteiger partial charge on any atom is -0.494 e. The Morgan fingerprint density at radius 3 is 2.75 bits per heavy atom. The molecule has 2 nitrogen and oxygen atoms in total. The lowest BCUT2D eigenvalue weighted by Crippen LogP contribution is -2.02. The van der Waals surface area contributed by atoms with Crippen LogP contribution in [0.15, 0.2) is 24.3 Å². The van der Waals surface area contributed by atoms with Crippen molar-refractivity contribution in [1.82, 2.24) is 0 Å². The van der Waals surface area contributed by atoms with Crippen LogP contribution in [0, 0.1) is 5.92 Å². The highest BCUT2D eigenvalue weighted by atomic mass is 16.5. The summed E-state index contributed by atoms with van der Waals surface area (Å²) in [5, 5.41) is 0. The Bertz CT molecular complexity index is 342. The molecule has 0 unspecified atom stereocenters. The minimum absolute atomic E-state index is 0.204. The van der Waals surface area contributed by atoms with E-state index in [1.165, 1.54) is 0 Å². The summed E-state index contributed by atoms with van der Waals surface area (Å²) in [5.74, 6) is 1.55. The van der Waals surface area contributed by atoms with Crippen molar-refractivity contribution < 1.29 is 9.53 Å². The summed E-state index contributed by atoms with van der Waals surface area (Å²) in [5.41, 5.74) is 0.756. The Hall–Kier alpha value is -1.31. The second-order valence-electron chi connectivity index (χ2n) is 4.32. The molecule has 0 bridgehead atoms. The lowest BCUT2D eigenvalue weighted by atomic mass is 10.0. The van der Waals surface area contributed by atoms with Crippen LogP contribution in [-0.4, -0.2) is 12.4 Å². The van der Waals surface area contributed by atoms with Gasteiger partial charge in [0.2, 0.25) is 0 Å². The molecule has 1 rings (SSSR count). The normalized spacial score (nSPS) is 10.5. The van der Waals surface area contributed by atoms with Gasteiger partial charge in [-0.15, -0.1) is 0 Å². The number of hydrogen-bond acceptors (Lipinski definition) is 2. The molecule has 0 spiro atoms. The van der Waals surface area contributed by atoms with Crippen LogP contribution in [0.4, 0.5) is 0 Å². The molecule has 0 fully saturated rings. The predicted octanol–water partition coefficient (Wildman–Crippen LogP) is 3.70. The minimum atomic E-state index is 0.204. The average molecular weight is 220 g/mol. The zero-order valence-corrected chi connectivity index (χ0v) is 10.3. The quantitative estimate of drug-likeness (QED) is 0.683. The number of rotatable bonds is 6. The van der Waals surface area contributed by atoms with Crippen molar-refractivity contribution in [1.29, 1.82) is 0 Å². The van der Waals surface area contributed by atoms with Crippen LogP contribution < -0.4 is 4.74 Å². The largest absolute Gasteiger partial charge is 0.494 e. The molecule has 0 N–H and O–H groups in total. The second kappa shape index (κ2) is 6.31. The maximum atomic E-state index is 11.9. The molecule has 1 aromatic carbocycles. The molecule has 0 radical (unpaired) electrons. The van der Waals surface area contributed by atoms with Gasteiger partial charge >= 0.3 is 0 Å². The average Bonchev–Trinajstić information content (AvgIpc) is 2.26. The maximum absolute atomic E-state index is 11.9. The number of carbonyl (C=O) groups excluding carboxylic acids is 1. The summed E-state index contributed by atoms with van der Waals surface area (Å²) in [6, 6.07) is 7.42. The molecule has 0 aromatic heterocycles. The molecule has 0 atom stereocenters. The van der Waals surface area contributed by atoms with E-state index in [-0.39, 0.29) is 5.78 Å². The van der Waals surface area contributed by atoms with E-state index in [1.807, 2.05) is 31.2 Å². The van der Waals surface area contributed by atoms with Gasteiger partial charge in [-0.25, -0.2) is 0 Å². The first-order chi connectivity index (χ1) is 7.63. The van der Waals surface area contributed by atoms with Gasteiger partial charge < -0.3 is 4.74 Å². The molecule has 0 heterocycles. The number of carbonyl (C=O) groups is 1. The van der Waals surface area contributed by atoms with Crippen molar-refractivity contribution in [3.8, 4) is 5.75 Å². The number of ketones is 1. The molecule has 0 amide bonds. The summed E-state index contributed by atoms with van der Waals surface area (Å²) < 4.78 is 5.37. The number of ether oxygens (including phenoxy) is 1. The monoisotopic (exact) mass is 220 g/mol. The van der Waals surface area contributed by atoms with Gasteiger partial charge in [-0.2, -0.15) is 0 Å². The van der Waals surface area contributed by atoms with E-state index in [1.54, 1.807) is 0 Å². The topological polar surface area (TPSA) is 26.3 Å². The van der Waals surface area contributed by atoms with Crippen molar-refractivity contribution in [3.63, 3.8) is 0 Å². The highest BCUT2D eigenvalue weighted by Gasteiger charge is 2.07. The van der Waals surface area contributed by atoms with E-state index >= 15 is 0 Å². The van der Waals surface area contributed by atoms with Gasteiger partial charge in [0.25, 0.3) is 0 Å². The van der Waals surface area contributed by atoms with Crippen LogP contribution in [0.3, 0.4) is 0 Å². The summed E-state index contributed by atoms with van der Waals surface area (Å²) >= 11 is 0. The lowest BCUT2D eigenvalue weighted by Gasteiger charge is -2.06. The summed E-state index contributed by atoms with van der Waals surface area (Å²) in [6.45, 7) is 6.82. The molecular weight excluding hydrogens is 200 g/mol. The fourth-order valence-corrected chi connectivity index (χ4v) is 1.49. The van der Waals surface area contributed by atoms with E-state index in [9.17, 15) is 4.79 Å². The van der Waals surface area contributed by atoms with Crippen LogP contribution in [0.1, 0.15) is 44.0 Å². The van der Waals surface area contributed by atoms with Crippen molar-refractivity contribution >= 4 is 5.78 Å². The Kier molecular flexibility index (Phi) is 5.03. The SMILES string of the molecule is CCOc1cccc(C(=O)CCC(C)C)c1. The Morgan fingerprint density at radius 2 is 2.12 bits per heavy atom. The van der Waals surface area contributed by atoms with Crippen LogP contribution in [0.5, 0.6) is 5.75 Å². The smallest absolute Gasteiger partial charge is 0.163 e. The fourth-order valence-electron chi connectivity index (χ4n) is 1.49. The van der Waals surface area contributed by atoms with Gasteiger partial charge in [0.15, 0.2) is 5.78 Å². The van der Waals surface area contributed by atoms with Gasteiger partial charge in [-0.1, -0.05) is 26.0 Å². The summed E-state index contributed by atoms with van der Waals surface area (Å²) in [6.07, 6.45) is 1.56. The standard InChI is InChI=1S/C14H20O2/c1-4-16-13-7-5-6-12(10-13)14(15)9-8-11(2)3/h5-7,10-11H,4,8-9H2,1-3H3. The number of Topliss-reactive ketones (excluding diaryl/α,β-unsaturated/α-hetero) is 1. The third-order valence-electron chi connectivity index (χ3n) is 2.42. The van der Waals surface area contributed by atoms with E-state index in [0.29, 0.717) is 18.9 Å². The summed E-state index contributed by atoms with van der Waals surface area (Å²) in [7, 11) is 0. The van der Waals surface area contributed by atoms with Gasteiger partial charge in [0.1, 0.15) is 5.75 Å². The molecule has 1 aromatic rings. The Labute approximate surface area is 97.6 Å². The molecule has 0 saturated heterocycles. The van der Waals surface area contributed by atoms with E-state index in [2.05, 4.69) is 13.8 Å². The first kappa shape index (κ1) is 12.8. The van der Waals surface area contributed by atoms with Crippen molar-refractivity contribution in [2.45, 2.75) is 33.6 Å². The van der Waals surface area contributed by atoms with Gasteiger partial charge in [0, 0.05) is 12.0 Å². The van der Waals surface area contributed by atoms with Gasteiger partial charge in [-0.05, 0) is 31.4 Å². The Balaban J connectivity index is 2.64. The molecule has 88 valence electrons. The third-order valence-corrected chi connectivity index (χ3v) is 2.42. The van der Waals surface area contributed by atoms with Gasteiger partial charge in [0.05, 0.1) is 6.61 Å². The van der Waals surface area contributed by atoms with Crippen LogP contribution in [-0.2, 0) is 0 Å². The van der Waals surface area contributed by atoms with Gasteiger partial charge in [-0.3, -0.25) is 4.79 Å². The van der Waals surface area contributed by atoms with E-state index < -0.39 is 0 Å². The molecule has 2 heteroatoms. The highest BCUT2D eigenvalue weighted by Crippen LogP contribution is 2.16. The molecule has 0 aliphatic heterocycles. The van der Waals surface area contributed by atoms with Crippen molar-refractivity contribution in [3.05, 3.63) is 29.8 Å². The van der Waals surface area contributed by atoms with Crippen molar-refractivity contribution in [2.24, 2.45) is 5.92 Å². The summed E-state index contributed by atoms with van der Waals surface area (Å²) in [4.78, 5) is 11.9. The fraction of sp³-hybridized carbons (Fsp3) is 0.500. The maximum Gasteiger partial charge on any atom is 0.163 e. The second-order valence-corrected chi connectivity index (χ2v) is 4.32. The first-order valence-electron chi connectivity index (χ1n) is 5.89. The number of hydrogen-bond donors (Lipinski definition) is 0. The highest BCUT2D eigenvalue weighted by molar-refractivity contribution is 5.96. The van der Waals surface area contributed by atoms with E-state index in [0.717, 1.165) is 17.7 Å². The van der Waals surface area contributed by atoms with Crippen molar-refractivity contribution in [2.75, 3.05) is 6.61 Å². The number of benzene rings is 1. The molecule has 0 aliphatic rings. The zero-order chi connectivity index (χ0) is 12.0. The Morgan fingerprint density at radius 1 is 1.38 bits per heavy atom. The molecular formula is C14H20O2. The first-order valence-corrected chi connectivity index (χ1v) is 5.89. The van der Waals surface area contributed by atoms with Crippen LogP contribution in [0.2, 0.25) is 0 Å². The lowest BCUT2D eigenvalue weighted by molar-refractivity contribution is 0.0975. The third kappa shape index (κ3) is 4.05. The molecule has 16 heavy (non-hydrogen) atoms. The van der Waals surface area contributed by atoms with E-state index in [4.69, 9.17) is 4.74 Å². The van der Waals surface area contributed by atoms with Crippen LogP contribution in [0.25, 0.3) is 0 Å². The van der Waals surface area contributed by atoms with Crippen LogP contribution >= 0.6 is 0 Å². The zero-order valence-electron chi connectivity index (χ0n) is 10.3. The molecule has 0 aliphatic carbocycles. The molecule has 0 saturated carbocycles. The predicted molar refractivity (Wildman–Crippen MR) is 66.0 cm³/mol.